The Kier molecular flexibility index (Phi) is 2.54. The Balaban J connectivity index is 2.38. The van der Waals surface area contributed by atoms with Crippen LogP contribution >= 0.6 is 0 Å². The molecule has 0 radical (unpaired) electrons. The average Bonchev–Trinajstić information content (AvgIpc) is 2.25. The van der Waals surface area contributed by atoms with Gasteiger partial charge >= 0.3 is 0 Å². The van der Waals surface area contributed by atoms with Crippen LogP contribution in [0.2, 0.25) is 0 Å². The monoisotopic (exact) mass is 209 g/mol. The zero-order valence-electron chi connectivity index (χ0n) is 8.95. The van der Waals surface area contributed by atoms with E-state index in [1.807, 2.05) is 18.2 Å². The Morgan fingerprint density at radius 3 is 2.47 bits per heavy atom. The molecule has 0 spiro atoms. The van der Waals surface area contributed by atoms with Crippen molar-refractivity contribution in [3.8, 4) is 11.5 Å². The third-order valence-electron chi connectivity index (χ3n) is 2.66. The fourth-order valence-corrected chi connectivity index (χ4v) is 1.69. The van der Waals surface area contributed by atoms with Crippen LogP contribution in [-0.4, -0.2) is 27.4 Å². The SMILES string of the molecule is COc1ccc(C2(N)COC2)c(OC)c1. The second-order valence-electron chi connectivity index (χ2n) is 3.72. The van der Waals surface area contributed by atoms with Crippen LogP contribution < -0.4 is 15.2 Å². The Bertz CT molecular complexity index is 361. The summed E-state index contributed by atoms with van der Waals surface area (Å²) in [6.45, 7) is 1.07. The summed E-state index contributed by atoms with van der Waals surface area (Å²) in [6, 6.07) is 5.65. The molecule has 82 valence electrons. The van der Waals surface area contributed by atoms with E-state index in [1.54, 1.807) is 14.2 Å². The summed E-state index contributed by atoms with van der Waals surface area (Å²) in [7, 11) is 3.25. The topological polar surface area (TPSA) is 53.7 Å². The van der Waals surface area contributed by atoms with E-state index in [9.17, 15) is 0 Å². The smallest absolute Gasteiger partial charge is 0.127 e. The molecular weight excluding hydrogens is 194 g/mol. The summed E-state index contributed by atoms with van der Waals surface area (Å²) in [5.74, 6) is 1.51. The zero-order valence-corrected chi connectivity index (χ0v) is 8.95. The second kappa shape index (κ2) is 3.72. The minimum Gasteiger partial charge on any atom is -0.497 e. The van der Waals surface area contributed by atoms with Gasteiger partial charge in [-0.25, -0.2) is 0 Å². The Morgan fingerprint density at radius 2 is 2.00 bits per heavy atom. The summed E-state index contributed by atoms with van der Waals surface area (Å²) in [5.41, 5.74) is 6.71. The van der Waals surface area contributed by atoms with Crippen LogP contribution in [0, 0.1) is 0 Å². The maximum Gasteiger partial charge on any atom is 0.127 e. The zero-order chi connectivity index (χ0) is 10.9. The summed E-state index contributed by atoms with van der Waals surface area (Å²) in [6.07, 6.45) is 0. The molecule has 2 N–H and O–H groups in total. The van der Waals surface area contributed by atoms with E-state index in [1.165, 1.54) is 0 Å². The first-order chi connectivity index (χ1) is 7.19. The predicted molar refractivity (Wildman–Crippen MR) is 56.2 cm³/mol. The van der Waals surface area contributed by atoms with E-state index in [0.717, 1.165) is 17.1 Å². The number of methoxy groups -OCH3 is 2. The van der Waals surface area contributed by atoms with Gasteiger partial charge in [0, 0.05) is 11.6 Å². The van der Waals surface area contributed by atoms with Crippen molar-refractivity contribution in [3.63, 3.8) is 0 Å². The predicted octanol–water partition coefficient (Wildman–Crippen LogP) is 0.888. The molecule has 0 bridgehead atoms. The van der Waals surface area contributed by atoms with Gasteiger partial charge in [-0.15, -0.1) is 0 Å². The van der Waals surface area contributed by atoms with Crippen molar-refractivity contribution in [2.75, 3.05) is 27.4 Å². The van der Waals surface area contributed by atoms with Crippen molar-refractivity contribution in [3.05, 3.63) is 23.8 Å². The van der Waals surface area contributed by atoms with Crippen LogP contribution in [0.4, 0.5) is 0 Å². The van der Waals surface area contributed by atoms with E-state index in [4.69, 9.17) is 19.9 Å². The molecule has 0 amide bonds. The van der Waals surface area contributed by atoms with Gasteiger partial charge in [0.1, 0.15) is 11.5 Å². The van der Waals surface area contributed by atoms with Crippen molar-refractivity contribution >= 4 is 0 Å². The van der Waals surface area contributed by atoms with Gasteiger partial charge in [-0.2, -0.15) is 0 Å². The van der Waals surface area contributed by atoms with E-state index in [2.05, 4.69) is 0 Å². The van der Waals surface area contributed by atoms with Gasteiger partial charge < -0.3 is 19.9 Å². The molecule has 15 heavy (non-hydrogen) atoms. The molecule has 0 aliphatic carbocycles. The van der Waals surface area contributed by atoms with Gasteiger partial charge in [-0.05, 0) is 12.1 Å². The molecule has 1 aromatic carbocycles. The molecule has 0 aromatic heterocycles. The standard InChI is InChI=1S/C11H15NO3/c1-13-8-3-4-9(10(5-8)14-2)11(12)6-15-7-11/h3-5H,6-7,12H2,1-2H3. The molecule has 1 aliphatic rings. The Hall–Kier alpha value is -1.26. The highest BCUT2D eigenvalue weighted by Gasteiger charge is 2.38. The number of hydrogen-bond acceptors (Lipinski definition) is 4. The first-order valence-electron chi connectivity index (χ1n) is 4.79. The first kappa shape index (κ1) is 10.3. The summed E-state index contributed by atoms with van der Waals surface area (Å²) < 4.78 is 15.6. The first-order valence-corrected chi connectivity index (χ1v) is 4.79. The Morgan fingerprint density at radius 1 is 1.27 bits per heavy atom. The summed E-state index contributed by atoms with van der Waals surface area (Å²) in [4.78, 5) is 0. The molecule has 0 atom stereocenters. The van der Waals surface area contributed by atoms with Gasteiger partial charge in [0.25, 0.3) is 0 Å². The molecule has 1 heterocycles. The third kappa shape index (κ3) is 1.66. The van der Waals surface area contributed by atoms with Crippen molar-refractivity contribution in [1.29, 1.82) is 0 Å². The van der Waals surface area contributed by atoms with Crippen LogP contribution in [0.25, 0.3) is 0 Å². The van der Waals surface area contributed by atoms with Crippen molar-refractivity contribution < 1.29 is 14.2 Å². The van der Waals surface area contributed by atoms with Crippen LogP contribution in [0.15, 0.2) is 18.2 Å². The highest BCUT2D eigenvalue weighted by molar-refractivity contribution is 5.45. The molecule has 4 heteroatoms. The maximum absolute atomic E-state index is 6.15. The quantitative estimate of drug-likeness (QED) is 0.803. The van der Waals surface area contributed by atoms with Crippen molar-refractivity contribution in [1.82, 2.24) is 0 Å². The van der Waals surface area contributed by atoms with Gasteiger partial charge in [-0.1, -0.05) is 0 Å². The maximum atomic E-state index is 6.15. The van der Waals surface area contributed by atoms with Crippen molar-refractivity contribution in [2.24, 2.45) is 5.73 Å². The van der Waals surface area contributed by atoms with Gasteiger partial charge in [0.05, 0.1) is 33.0 Å². The molecule has 0 unspecified atom stereocenters. The lowest BCUT2D eigenvalue weighted by Crippen LogP contribution is -2.54. The van der Waals surface area contributed by atoms with E-state index in [0.29, 0.717) is 13.2 Å². The fourth-order valence-electron chi connectivity index (χ4n) is 1.69. The van der Waals surface area contributed by atoms with E-state index >= 15 is 0 Å². The van der Waals surface area contributed by atoms with Crippen LogP contribution in [-0.2, 0) is 10.3 Å². The number of nitrogens with two attached hydrogens (primary N) is 1. The summed E-state index contributed by atoms with van der Waals surface area (Å²) >= 11 is 0. The third-order valence-corrected chi connectivity index (χ3v) is 2.66. The fraction of sp³-hybridized carbons (Fsp3) is 0.455. The van der Waals surface area contributed by atoms with E-state index < -0.39 is 5.54 Å². The van der Waals surface area contributed by atoms with Gasteiger partial charge in [0.15, 0.2) is 0 Å². The van der Waals surface area contributed by atoms with Crippen LogP contribution in [0.3, 0.4) is 0 Å². The van der Waals surface area contributed by atoms with Crippen LogP contribution in [0.5, 0.6) is 11.5 Å². The van der Waals surface area contributed by atoms with E-state index in [-0.39, 0.29) is 0 Å². The average molecular weight is 209 g/mol. The molecule has 2 rings (SSSR count). The molecular formula is C11H15NO3. The highest BCUT2D eigenvalue weighted by Crippen LogP contribution is 2.35. The highest BCUT2D eigenvalue weighted by atomic mass is 16.5. The Labute approximate surface area is 88.9 Å². The molecule has 4 nitrogen and oxygen atoms in total. The lowest BCUT2D eigenvalue weighted by molar-refractivity contribution is -0.0578. The van der Waals surface area contributed by atoms with Crippen molar-refractivity contribution in [2.45, 2.75) is 5.54 Å². The molecule has 1 aliphatic heterocycles. The van der Waals surface area contributed by atoms with Gasteiger partial charge in [0.2, 0.25) is 0 Å². The minimum absolute atomic E-state index is 0.405. The van der Waals surface area contributed by atoms with Gasteiger partial charge in [-0.3, -0.25) is 0 Å². The number of rotatable bonds is 3. The lowest BCUT2D eigenvalue weighted by atomic mass is 9.88. The van der Waals surface area contributed by atoms with Crippen LogP contribution in [0.1, 0.15) is 5.56 Å². The number of ether oxygens (including phenoxy) is 3. The normalized spacial score (nSPS) is 18.1. The largest absolute Gasteiger partial charge is 0.497 e. The summed E-state index contributed by atoms with van der Waals surface area (Å²) in [5, 5.41) is 0. The molecule has 1 aromatic rings. The minimum atomic E-state index is -0.405. The molecule has 1 saturated heterocycles. The second-order valence-corrected chi connectivity index (χ2v) is 3.72. The molecule has 0 saturated carbocycles. The number of hydrogen-bond donors (Lipinski definition) is 1. The molecule has 1 fully saturated rings. The number of benzene rings is 1. The lowest BCUT2D eigenvalue weighted by Gasteiger charge is -2.38.